The lowest BCUT2D eigenvalue weighted by Gasteiger charge is -2.11. The molecule has 0 bridgehead atoms. The van der Waals surface area contributed by atoms with E-state index in [0.717, 1.165) is 12.4 Å². The van der Waals surface area contributed by atoms with Gasteiger partial charge in [-0.2, -0.15) is 0 Å². The lowest BCUT2D eigenvalue weighted by Crippen LogP contribution is -2.11. The lowest BCUT2D eigenvalue weighted by atomic mass is 10.1. The summed E-state index contributed by atoms with van der Waals surface area (Å²) in [6.07, 6.45) is 0. The van der Waals surface area contributed by atoms with E-state index < -0.39 is 0 Å². The maximum absolute atomic E-state index is 5.35. The Hall–Kier alpha value is -0.730. The zero-order valence-electron chi connectivity index (χ0n) is 8.91. The van der Waals surface area contributed by atoms with Crippen LogP contribution >= 0.6 is 12.4 Å². The number of hydrogen-bond acceptors (Lipinski definition) is 2. The summed E-state index contributed by atoms with van der Waals surface area (Å²) in [5.74, 6) is 0.939. The number of nitrogens with one attached hydrogen (secondary N) is 1. The molecule has 1 N–H and O–H groups in total. The molecule has 0 aliphatic heterocycles. The van der Waals surface area contributed by atoms with Crippen molar-refractivity contribution in [1.82, 2.24) is 5.32 Å². The number of benzene rings is 1. The van der Waals surface area contributed by atoms with Crippen molar-refractivity contribution in [3.8, 4) is 5.75 Å². The molecule has 2 nitrogen and oxygen atoms in total. The summed E-state index contributed by atoms with van der Waals surface area (Å²) in [5.41, 5.74) is 1.28. The second-order valence-corrected chi connectivity index (χ2v) is 3.01. The molecule has 0 aliphatic rings. The van der Waals surface area contributed by atoms with Crippen molar-refractivity contribution in [2.45, 2.75) is 19.9 Å². The van der Waals surface area contributed by atoms with Gasteiger partial charge in [-0.15, -0.1) is 12.4 Å². The van der Waals surface area contributed by atoms with Gasteiger partial charge in [0.1, 0.15) is 5.75 Å². The Morgan fingerprint density at radius 1 is 1.29 bits per heavy atom. The van der Waals surface area contributed by atoms with Crippen LogP contribution in [0.25, 0.3) is 0 Å². The molecule has 0 saturated carbocycles. The van der Waals surface area contributed by atoms with Crippen LogP contribution in [0, 0.1) is 0 Å². The van der Waals surface area contributed by atoms with Crippen LogP contribution in [-0.2, 0) is 0 Å². The quantitative estimate of drug-likeness (QED) is 0.834. The molecule has 80 valence electrons. The lowest BCUT2D eigenvalue weighted by molar-refractivity contribution is 0.340. The normalized spacial score (nSPS) is 11.6. The third-order valence-electron chi connectivity index (χ3n) is 2.12. The number of halogens is 1. The molecule has 3 heteroatoms. The molecule has 1 aromatic rings. The highest BCUT2D eigenvalue weighted by Gasteiger charge is 2.01. The van der Waals surface area contributed by atoms with E-state index in [0.29, 0.717) is 6.04 Å². The van der Waals surface area contributed by atoms with Crippen LogP contribution < -0.4 is 10.1 Å². The van der Waals surface area contributed by atoms with Gasteiger partial charge < -0.3 is 10.1 Å². The van der Waals surface area contributed by atoms with Crippen molar-refractivity contribution < 1.29 is 4.74 Å². The first-order valence-corrected chi connectivity index (χ1v) is 4.68. The molecule has 1 atom stereocenters. The van der Waals surface area contributed by atoms with Crippen LogP contribution in [0.15, 0.2) is 24.3 Å². The Morgan fingerprint density at radius 3 is 2.29 bits per heavy atom. The van der Waals surface area contributed by atoms with Crippen molar-refractivity contribution in [1.29, 1.82) is 0 Å². The molecule has 0 fully saturated rings. The van der Waals surface area contributed by atoms with Gasteiger partial charge in [0.15, 0.2) is 0 Å². The van der Waals surface area contributed by atoms with Crippen molar-refractivity contribution in [3.05, 3.63) is 29.8 Å². The summed E-state index contributed by atoms with van der Waals surface area (Å²) < 4.78 is 5.35. The third kappa shape index (κ3) is 3.56. The van der Waals surface area contributed by atoms with Crippen LogP contribution in [0.5, 0.6) is 5.75 Å². The maximum Gasteiger partial charge on any atom is 0.119 e. The molecule has 0 spiro atoms. The average molecular weight is 216 g/mol. The Labute approximate surface area is 92.1 Å². The predicted molar refractivity (Wildman–Crippen MR) is 62.3 cm³/mol. The van der Waals surface area contributed by atoms with E-state index >= 15 is 0 Å². The highest BCUT2D eigenvalue weighted by atomic mass is 35.5. The van der Waals surface area contributed by atoms with Gasteiger partial charge in [-0.05, 0) is 38.6 Å². The smallest absolute Gasteiger partial charge is 0.119 e. The SMILES string of the molecule is CCOc1ccc(C(C)NC)cc1.Cl. The standard InChI is InChI=1S/C11H17NO.ClH/c1-4-13-11-7-5-10(6-8-11)9(2)12-3;/h5-9,12H,4H2,1-3H3;1H. The number of ether oxygens (including phenoxy) is 1. The van der Waals surface area contributed by atoms with E-state index in [1.165, 1.54) is 5.56 Å². The molecular weight excluding hydrogens is 198 g/mol. The average Bonchev–Trinajstić information content (AvgIpc) is 2.18. The van der Waals surface area contributed by atoms with Crippen LogP contribution in [0.1, 0.15) is 25.5 Å². The monoisotopic (exact) mass is 215 g/mol. The van der Waals surface area contributed by atoms with Gasteiger partial charge >= 0.3 is 0 Å². The molecule has 0 radical (unpaired) electrons. The van der Waals surface area contributed by atoms with Crippen LogP contribution in [0.2, 0.25) is 0 Å². The molecule has 0 aromatic heterocycles. The van der Waals surface area contributed by atoms with Gasteiger partial charge in [0.2, 0.25) is 0 Å². The molecule has 1 rings (SSSR count). The minimum atomic E-state index is 0. The van der Waals surface area contributed by atoms with Gasteiger partial charge in [0.25, 0.3) is 0 Å². The van der Waals surface area contributed by atoms with Crippen LogP contribution in [0.3, 0.4) is 0 Å². The number of hydrogen-bond donors (Lipinski definition) is 1. The van der Waals surface area contributed by atoms with Gasteiger partial charge in [0, 0.05) is 6.04 Å². The summed E-state index contributed by atoms with van der Waals surface area (Å²) >= 11 is 0. The van der Waals surface area contributed by atoms with Crippen molar-refractivity contribution in [3.63, 3.8) is 0 Å². The fraction of sp³-hybridized carbons (Fsp3) is 0.455. The largest absolute Gasteiger partial charge is 0.494 e. The molecular formula is C11H18ClNO. The van der Waals surface area contributed by atoms with E-state index in [1.54, 1.807) is 0 Å². The second kappa shape index (κ2) is 6.68. The minimum absolute atomic E-state index is 0. The van der Waals surface area contributed by atoms with E-state index in [1.807, 2.05) is 26.1 Å². The summed E-state index contributed by atoms with van der Waals surface area (Å²) in [4.78, 5) is 0. The van der Waals surface area contributed by atoms with Gasteiger partial charge in [0.05, 0.1) is 6.61 Å². The summed E-state index contributed by atoms with van der Waals surface area (Å²) in [5, 5.41) is 3.19. The first-order chi connectivity index (χ1) is 6.27. The Kier molecular flexibility index (Phi) is 6.34. The zero-order chi connectivity index (χ0) is 9.68. The van der Waals surface area contributed by atoms with E-state index in [4.69, 9.17) is 4.74 Å². The first-order valence-electron chi connectivity index (χ1n) is 4.68. The Bertz CT molecular complexity index is 248. The summed E-state index contributed by atoms with van der Waals surface area (Å²) in [7, 11) is 1.96. The maximum atomic E-state index is 5.35. The molecule has 0 heterocycles. The van der Waals surface area contributed by atoms with Crippen LogP contribution in [0.4, 0.5) is 0 Å². The Morgan fingerprint density at radius 2 is 1.86 bits per heavy atom. The summed E-state index contributed by atoms with van der Waals surface area (Å²) in [6, 6.07) is 8.59. The van der Waals surface area contributed by atoms with E-state index in [9.17, 15) is 0 Å². The first kappa shape index (κ1) is 13.3. The van der Waals surface area contributed by atoms with Crippen LogP contribution in [-0.4, -0.2) is 13.7 Å². The highest BCUT2D eigenvalue weighted by Crippen LogP contribution is 2.16. The third-order valence-corrected chi connectivity index (χ3v) is 2.12. The zero-order valence-corrected chi connectivity index (χ0v) is 9.73. The second-order valence-electron chi connectivity index (χ2n) is 3.01. The minimum Gasteiger partial charge on any atom is -0.494 e. The number of rotatable bonds is 4. The molecule has 14 heavy (non-hydrogen) atoms. The van der Waals surface area contributed by atoms with Crippen molar-refractivity contribution in [2.24, 2.45) is 0 Å². The summed E-state index contributed by atoms with van der Waals surface area (Å²) in [6.45, 7) is 4.85. The van der Waals surface area contributed by atoms with E-state index in [-0.39, 0.29) is 12.4 Å². The predicted octanol–water partition coefficient (Wildman–Crippen LogP) is 2.79. The van der Waals surface area contributed by atoms with E-state index in [2.05, 4.69) is 24.4 Å². The molecule has 1 unspecified atom stereocenters. The fourth-order valence-electron chi connectivity index (χ4n) is 1.19. The molecule has 0 saturated heterocycles. The Balaban J connectivity index is 0.00000169. The van der Waals surface area contributed by atoms with Crippen molar-refractivity contribution >= 4 is 12.4 Å². The van der Waals surface area contributed by atoms with Gasteiger partial charge in [-0.1, -0.05) is 12.1 Å². The fourth-order valence-corrected chi connectivity index (χ4v) is 1.19. The van der Waals surface area contributed by atoms with Gasteiger partial charge in [-0.3, -0.25) is 0 Å². The van der Waals surface area contributed by atoms with Crippen molar-refractivity contribution in [2.75, 3.05) is 13.7 Å². The molecule has 0 amide bonds. The molecule has 1 aromatic carbocycles. The van der Waals surface area contributed by atoms with Gasteiger partial charge in [-0.25, -0.2) is 0 Å². The molecule has 0 aliphatic carbocycles. The topological polar surface area (TPSA) is 21.3 Å². The highest BCUT2D eigenvalue weighted by molar-refractivity contribution is 5.85.